The number of amides is 1. The highest BCUT2D eigenvalue weighted by atomic mass is 16.1. The maximum atomic E-state index is 10.9. The monoisotopic (exact) mass is 309 g/mol. The molecule has 0 aromatic heterocycles. The number of allylic oxidation sites excluding steroid dienone is 1. The van der Waals surface area contributed by atoms with Crippen LogP contribution in [0.4, 0.5) is 0 Å². The molecule has 1 amide bonds. The summed E-state index contributed by atoms with van der Waals surface area (Å²) in [5, 5.41) is 2.90. The van der Waals surface area contributed by atoms with Crippen molar-refractivity contribution in [3.63, 3.8) is 0 Å². The van der Waals surface area contributed by atoms with E-state index >= 15 is 0 Å². The Hall–Kier alpha value is -0.790. The van der Waals surface area contributed by atoms with Gasteiger partial charge in [0, 0.05) is 13.0 Å². The molecule has 0 spiro atoms. The third kappa shape index (κ3) is 17.3. The van der Waals surface area contributed by atoms with Crippen molar-refractivity contribution in [3.8, 4) is 0 Å². The van der Waals surface area contributed by atoms with Crippen LogP contribution < -0.4 is 5.32 Å². The third-order valence-electron chi connectivity index (χ3n) is 4.08. The molecule has 130 valence electrons. The van der Waals surface area contributed by atoms with Gasteiger partial charge in [0.15, 0.2) is 0 Å². The molecule has 0 aliphatic carbocycles. The fourth-order valence-corrected chi connectivity index (χ4v) is 2.75. The van der Waals surface area contributed by atoms with E-state index in [0.29, 0.717) is 0 Å². The van der Waals surface area contributed by atoms with Crippen molar-refractivity contribution in [3.05, 3.63) is 12.2 Å². The Morgan fingerprint density at radius 3 is 1.86 bits per heavy atom. The Bertz CT molecular complexity index is 273. The summed E-state index contributed by atoms with van der Waals surface area (Å²) in [5.74, 6) is 0.0614. The fraction of sp³-hybridized carbons (Fsp3) is 0.850. The van der Waals surface area contributed by atoms with Crippen molar-refractivity contribution in [2.75, 3.05) is 0 Å². The summed E-state index contributed by atoms with van der Waals surface area (Å²) in [6.07, 6.45) is 22.0. The summed E-state index contributed by atoms with van der Waals surface area (Å²) in [5.41, 5.74) is 0. The highest BCUT2D eigenvalue weighted by molar-refractivity contribution is 5.73. The van der Waals surface area contributed by atoms with Gasteiger partial charge in [-0.3, -0.25) is 4.79 Å². The second-order valence-electron chi connectivity index (χ2n) is 6.63. The summed E-state index contributed by atoms with van der Waals surface area (Å²) < 4.78 is 0. The molecule has 0 fully saturated rings. The van der Waals surface area contributed by atoms with E-state index in [1.807, 2.05) is 6.92 Å². The third-order valence-corrected chi connectivity index (χ3v) is 4.08. The van der Waals surface area contributed by atoms with Gasteiger partial charge in [-0.05, 0) is 26.2 Å². The van der Waals surface area contributed by atoms with Gasteiger partial charge < -0.3 is 5.32 Å². The van der Waals surface area contributed by atoms with E-state index in [2.05, 4.69) is 24.4 Å². The van der Waals surface area contributed by atoms with Crippen molar-refractivity contribution in [2.45, 2.75) is 110 Å². The largest absolute Gasteiger partial charge is 0.354 e. The number of nitrogens with one attached hydrogen (secondary N) is 1. The SMILES string of the molecule is CCCCCCCCCCCCCC=CCC(C)NC(C)=O. The smallest absolute Gasteiger partial charge is 0.217 e. The van der Waals surface area contributed by atoms with E-state index in [1.54, 1.807) is 6.92 Å². The molecule has 0 aliphatic heterocycles. The molecule has 0 radical (unpaired) electrons. The summed E-state index contributed by atoms with van der Waals surface area (Å²) >= 11 is 0. The molecule has 0 heterocycles. The first-order valence-electron chi connectivity index (χ1n) is 9.59. The highest BCUT2D eigenvalue weighted by Gasteiger charge is 1.99. The Morgan fingerprint density at radius 2 is 1.36 bits per heavy atom. The molecule has 0 bridgehead atoms. The first kappa shape index (κ1) is 21.2. The average molecular weight is 310 g/mol. The van der Waals surface area contributed by atoms with E-state index < -0.39 is 0 Å². The van der Waals surface area contributed by atoms with Gasteiger partial charge in [0.2, 0.25) is 5.91 Å². The van der Waals surface area contributed by atoms with Gasteiger partial charge in [-0.25, -0.2) is 0 Å². The van der Waals surface area contributed by atoms with Crippen LogP contribution in [0.15, 0.2) is 12.2 Å². The summed E-state index contributed by atoms with van der Waals surface area (Å²) in [4.78, 5) is 10.9. The topological polar surface area (TPSA) is 29.1 Å². The Morgan fingerprint density at radius 1 is 0.864 bits per heavy atom. The number of carbonyl (C=O) groups excluding carboxylic acids is 1. The quantitative estimate of drug-likeness (QED) is 0.285. The van der Waals surface area contributed by atoms with Gasteiger partial charge in [-0.2, -0.15) is 0 Å². The lowest BCUT2D eigenvalue weighted by molar-refractivity contribution is -0.119. The lowest BCUT2D eigenvalue weighted by atomic mass is 10.1. The number of rotatable bonds is 15. The van der Waals surface area contributed by atoms with Gasteiger partial charge in [0.1, 0.15) is 0 Å². The second-order valence-corrected chi connectivity index (χ2v) is 6.63. The predicted molar refractivity (Wildman–Crippen MR) is 98.1 cm³/mol. The van der Waals surface area contributed by atoms with Crippen LogP contribution >= 0.6 is 0 Å². The number of carbonyl (C=O) groups is 1. The Balaban J connectivity index is 3.18. The van der Waals surface area contributed by atoms with Crippen molar-refractivity contribution in [1.29, 1.82) is 0 Å². The molecule has 1 atom stereocenters. The number of hydrogen-bond acceptors (Lipinski definition) is 1. The molecule has 2 heteroatoms. The van der Waals surface area contributed by atoms with Crippen LogP contribution in [0.1, 0.15) is 104 Å². The molecule has 2 nitrogen and oxygen atoms in total. The van der Waals surface area contributed by atoms with Gasteiger partial charge >= 0.3 is 0 Å². The van der Waals surface area contributed by atoms with Crippen molar-refractivity contribution < 1.29 is 4.79 Å². The van der Waals surface area contributed by atoms with Crippen LogP contribution in [0.3, 0.4) is 0 Å². The molecule has 0 aromatic carbocycles. The fourth-order valence-electron chi connectivity index (χ4n) is 2.75. The predicted octanol–water partition coefficient (Wildman–Crippen LogP) is 6.16. The minimum Gasteiger partial charge on any atom is -0.354 e. The molecule has 1 unspecified atom stereocenters. The Kier molecular flexibility index (Phi) is 16.0. The molecular weight excluding hydrogens is 270 g/mol. The normalized spacial score (nSPS) is 12.7. The maximum absolute atomic E-state index is 10.9. The standard InChI is InChI=1S/C20H39NO/c1-4-5-6-7-8-9-10-11-12-13-14-15-16-17-18-19(2)21-20(3)22/h16-17,19H,4-15,18H2,1-3H3,(H,21,22). The van der Waals surface area contributed by atoms with Crippen molar-refractivity contribution in [2.24, 2.45) is 0 Å². The van der Waals surface area contributed by atoms with E-state index in [-0.39, 0.29) is 11.9 Å². The summed E-state index contributed by atoms with van der Waals surface area (Å²) in [6.45, 7) is 5.90. The van der Waals surface area contributed by atoms with Crippen LogP contribution in [0.2, 0.25) is 0 Å². The molecule has 0 saturated heterocycles. The van der Waals surface area contributed by atoms with E-state index in [0.717, 1.165) is 6.42 Å². The molecule has 1 N–H and O–H groups in total. The zero-order chi connectivity index (χ0) is 16.5. The van der Waals surface area contributed by atoms with E-state index in [9.17, 15) is 4.79 Å². The van der Waals surface area contributed by atoms with E-state index in [4.69, 9.17) is 0 Å². The lowest BCUT2D eigenvalue weighted by Gasteiger charge is -2.08. The minimum atomic E-state index is 0.0614. The van der Waals surface area contributed by atoms with Gasteiger partial charge in [-0.15, -0.1) is 0 Å². The molecule has 0 rings (SSSR count). The zero-order valence-corrected chi connectivity index (χ0v) is 15.3. The van der Waals surface area contributed by atoms with Crippen LogP contribution in [0.5, 0.6) is 0 Å². The van der Waals surface area contributed by atoms with Gasteiger partial charge in [0.05, 0.1) is 0 Å². The van der Waals surface area contributed by atoms with Gasteiger partial charge in [0.25, 0.3) is 0 Å². The van der Waals surface area contributed by atoms with Crippen LogP contribution in [0.25, 0.3) is 0 Å². The first-order valence-corrected chi connectivity index (χ1v) is 9.59. The number of hydrogen-bond donors (Lipinski definition) is 1. The molecular formula is C20H39NO. The molecule has 22 heavy (non-hydrogen) atoms. The Labute approximate surface area is 139 Å². The lowest BCUT2D eigenvalue weighted by Crippen LogP contribution is -2.29. The van der Waals surface area contributed by atoms with E-state index in [1.165, 1.54) is 77.0 Å². The molecule has 0 aliphatic rings. The average Bonchev–Trinajstić information content (AvgIpc) is 2.47. The van der Waals surface area contributed by atoms with Crippen molar-refractivity contribution >= 4 is 5.91 Å². The zero-order valence-electron chi connectivity index (χ0n) is 15.3. The summed E-state index contributed by atoms with van der Waals surface area (Å²) in [7, 11) is 0. The van der Waals surface area contributed by atoms with Crippen LogP contribution in [0, 0.1) is 0 Å². The van der Waals surface area contributed by atoms with Crippen LogP contribution in [-0.2, 0) is 4.79 Å². The van der Waals surface area contributed by atoms with Crippen molar-refractivity contribution in [1.82, 2.24) is 5.32 Å². The minimum absolute atomic E-state index is 0.0614. The maximum Gasteiger partial charge on any atom is 0.217 e. The molecule has 0 aromatic rings. The second kappa shape index (κ2) is 16.6. The summed E-state index contributed by atoms with van der Waals surface area (Å²) in [6, 6.07) is 0.256. The van der Waals surface area contributed by atoms with Gasteiger partial charge in [-0.1, -0.05) is 83.3 Å². The number of unbranched alkanes of at least 4 members (excludes halogenated alkanes) is 11. The highest BCUT2D eigenvalue weighted by Crippen LogP contribution is 2.12. The first-order chi connectivity index (χ1) is 10.7. The van der Waals surface area contributed by atoms with Crippen LogP contribution in [-0.4, -0.2) is 11.9 Å². The molecule has 0 saturated carbocycles.